The van der Waals surface area contributed by atoms with E-state index in [2.05, 4.69) is 20.6 Å². The average molecular weight is 422 g/mol. The highest BCUT2D eigenvalue weighted by Crippen LogP contribution is 2.24. The monoisotopic (exact) mass is 422 g/mol. The summed E-state index contributed by atoms with van der Waals surface area (Å²) in [4.78, 5) is 50.1. The first kappa shape index (κ1) is 19.4. The van der Waals surface area contributed by atoms with Gasteiger partial charge in [-0.1, -0.05) is 12.1 Å². The Bertz CT molecular complexity index is 1220. The molecule has 150 valence electrons. The van der Waals surface area contributed by atoms with E-state index in [1.807, 2.05) is 0 Å². The molecule has 10 heteroatoms. The third-order valence-corrected chi connectivity index (χ3v) is 4.96. The van der Waals surface area contributed by atoms with Gasteiger partial charge in [-0.3, -0.25) is 19.3 Å². The van der Waals surface area contributed by atoms with E-state index in [4.69, 9.17) is 4.74 Å². The molecule has 0 radical (unpaired) electrons. The summed E-state index contributed by atoms with van der Waals surface area (Å²) < 4.78 is 13.3. The number of carbonyl (C=O) groups is 4. The van der Waals surface area contributed by atoms with Crippen molar-refractivity contribution in [1.82, 2.24) is 13.6 Å². The van der Waals surface area contributed by atoms with Gasteiger partial charge in [0.25, 0.3) is 17.7 Å². The average Bonchev–Trinajstić information content (AvgIpc) is 3.32. The highest BCUT2D eigenvalue weighted by molar-refractivity contribution is 7.00. The third kappa shape index (κ3) is 3.44. The molecule has 0 spiro atoms. The summed E-state index contributed by atoms with van der Waals surface area (Å²) in [5.41, 5.74) is 2.05. The lowest BCUT2D eigenvalue weighted by Gasteiger charge is -2.09. The molecule has 0 aliphatic carbocycles. The molecule has 0 unspecified atom stereocenters. The predicted octanol–water partition coefficient (Wildman–Crippen LogP) is 2.27. The summed E-state index contributed by atoms with van der Waals surface area (Å²) >= 11 is 1.03. The fourth-order valence-electron chi connectivity index (χ4n) is 3.02. The Kier molecular flexibility index (Phi) is 5.07. The van der Waals surface area contributed by atoms with Gasteiger partial charge >= 0.3 is 5.97 Å². The number of esters is 1. The number of rotatable bonds is 6. The maximum Gasteiger partial charge on any atom is 0.338 e. The minimum absolute atomic E-state index is 0.0638. The molecule has 1 N–H and O–H groups in total. The zero-order valence-electron chi connectivity index (χ0n) is 15.5. The van der Waals surface area contributed by atoms with Crippen LogP contribution in [0.5, 0.6) is 0 Å². The predicted molar refractivity (Wildman–Crippen MR) is 108 cm³/mol. The Hall–Kier alpha value is -3.92. The van der Waals surface area contributed by atoms with Gasteiger partial charge in [0.15, 0.2) is 6.61 Å². The number of fused-ring (bicyclic) bond motifs is 2. The third-order valence-electron chi connectivity index (χ3n) is 4.41. The van der Waals surface area contributed by atoms with Crippen LogP contribution in [0.4, 0.5) is 5.69 Å². The number of amides is 3. The SMILES string of the molecule is C=CCN1C(=O)c2ccc(C(=O)OCC(=O)Nc3cccc4nsnc34)cc2C1=O. The highest BCUT2D eigenvalue weighted by Gasteiger charge is 2.35. The van der Waals surface area contributed by atoms with Gasteiger partial charge < -0.3 is 10.1 Å². The summed E-state index contributed by atoms with van der Waals surface area (Å²) in [5, 5.41) is 2.63. The second-order valence-electron chi connectivity index (χ2n) is 6.33. The number of nitrogens with zero attached hydrogens (tertiary/aromatic N) is 3. The summed E-state index contributed by atoms with van der Waals surface area (Å²) in [7, 11) is 0. The second kappa shape index (κ2) is 7.84. The Labute approximate surface area is 174 Å². The Morgan fingerprint density at radius 2 is 1.93 bits per heavy atom. The molecule has 1 aliphatic heterocycles. The van der Waals surface area contributed by atoms with Crippen molar-refractivity contribution in [2.45, 2.75) is 0 Å². The van der Waals surface area contributed by atoms with E-state index in [0.717, 1.165) is 16.6 Å². The quantitative estimate of drug-likeness (QED) is 0.368. The Balaban J connectivity index is 1.42. The van der Waals surface area contributed by atoms with E-state index in [1.165, 1.54) is 24.3 Å². The number of hydrogen-bond donors (Lipinski definition) is 1. The molecule has 2 aromatic carbocycles. The largest absolute Gasteiger partial charge is 0.452 e. The highest BCUT2D eigenvalue weighted by atomic mass is 32.1. The number of nitrogens with one attached hydrogen (secondary N) is 1. The van der Waals surface area contributed by atoms with Gasteiger partial charge in [0.05, 0.1) is 34.1 Å². The zero-order valence-corrected chi connectivity index (χ0v) is 16.3. The minimum atomic E-state index is -0.788. The van der Waals surface area contributed by atoms with Crippen molar-refractivity contribution in [3.63, 3.8) is 0 Å². The fourth-order valence-corrected chi connectivity index (χ4v) is 3.57. The maximum atomic E-state index is 12.4. The second-order valence-corrected chi connectivity index (χ2v) is 6.86. The zero-order chi connectivity index (χ0) is 21.3. The van der Waals surface area contributed by atoms with Crippen LogP contribution in [-0.2, 0) is 9.53 Å². The lowest BCUT2D eigenvalue weighted by atomic mass is 10.1. The molecule has 1 aliphatic rings. The number of carbonyl (C=O) groups excluding carboxylic acids is 4. The summed E-state index contributed by atoms with van der Waals surface area (Å²) in [6, 6.07) is 9.23. The van der Waals surface area contributed by atoms with Gasteiger partial charge in [0.2, 0.25) is 0 Å². The minimum Gasteiger partial charge on any atom is -0.452 e. The number of imide groups is 1. The van der Waals surface area contributed by atoms with Crippen LogP contribution in [0.1, 0.15) is 31.1 Å². The molecule has 2 heterocycles. The van der Waals surface area contributed by atoms with Gasteiger partial charge in [0.1, 0.15) is 11.0 Å². The summed E-state index contributed by atoms with van der Waals surface area (Å²) in [5.74, 6) is -2.29. The van der Waals surface area contributed by atoms with Crippen LogP contribution in [0.15, 0.2) is 49.1 Å². The Morgan fingerprint density at radius 1 is 1.13 bits per heavy atom. The first-order valence-electron chi connectivity index (χ1n) is 8.79. The molecule has 0 atom stereocenters. The lowest BCUT2D eigenvalue weighted by Crippen LogP contribution is -2.29. The van der Waals surface area contributed by atoms with Crippen molar-refractivity contribution in [2.75, 3.05) is 18.5 Å². The van der Waals surface area contributed by atoms with Crippen LogP contribution in [0, 0.1) is 0 Å². The number of anilines is 1. The first-order valence-corrected chi connectivity index (χ1v) is 9.52. The molecule has 0 saturated heterocycles. The summed E-state index contributed by atoms with van der Waals surface area (Å²) in [6.45, 7) is 3.07. The van der Waals surface area contributed by atoms with Gasteiger partial charge in [-0.15, -0.1) is 6.58 Å². The molecule has 0 bridgehead atoms. The Morgan fingerprint density at radius 3 is 2.73 bits per heavy atom. The van der Waals surface area contributed by atoms with Crippen LogP contribution >= 0.6 is 11.7 Å². The molecular formula is C20H14N4O5S. The number of benzene rings is 2. The topological polar surface area (TPSA) is 119 Å². The van der Waals surface area contributed by atoms with E-state index < -0.39 is 30.3 Å². The molecule has 1 aromatic heterocycles. The van der Waals surface area contributed by atoms with Gasteiger partial charge in [-0.05, 0) is 30.3 Å². The van der Waals surface area contributed by atoms with E-state index in [1.54, 1.807) is 18.2 Å². The maximum absolute atomic E-state index is 12.4. The lowest BCUT2D eigenvalue weighted by molar-refractivity contribution is -0.119. The number of ether oxygens (including phenoxy) is 1. The van der Waals surface area contributed by atoms with Crippen molar-refractivity contribution in [3.05, 3.63) is 65.7 Å². The number of aromatic nitrogens is 2. The molecule has 3 amide bonds. The van der Waals surface area contributed by atoms with E-state index >= 15 is 0 Å². The molecule has 3 aromatic rings. The van der Waals surface area contributed by atoms with Crippen LogP contribution in [0.2, 0.25) is 0 Å². The van der Waals surface area contributed by atoms with Gasteiger partial charge in [-0.25, -0.2) is 4.79 Å². The van der Waals surface area contributed by atoms with Crippen molar-refractivity contribution in [2.24, 2.45) is 0 Å². The number of hydrogen-bond acceptors (Lipinski definition) is 8. The van der Waals surface area contributed by atoms with Crippen LogP contribution in [0.25, 0.3) is 11.0 Å². The smallest absolute Gasteiger partial charge is 0.338 e. The van der Waals surface area contributed by atoms with Crippen LogP contribution in [0.3, 0.4) is 0 Å². The molecule has 30 heavy (non-hydrogen) atoms. The van der Waals surface area contributed by atoms with Crippen molar-refractivity contribution in [3.8, 4) is 0 Å². The van der Waals surface area contributed by atoms with E-state index in [0.29, 0.717) is 16.7 Å². The molecule has 0 saturated carbocycles. The van der Waals surface area contributed by atoms with Crippen LogP contribution < -0.4 is 5.32 Å². The molecule has 4 rings (SSSR count). The normalized spacial score (nSPS) is 12.7. The standard InChI is InChI=1S/C20H14N4O5S/c1-2-8-24-18(26)12-7-6-11(9-13(12)19(24)27)20(28)29-10-16(25)21-14-4-3-5-15-17(14)23-30-22-15/h2-7,9H,1,8,10H2,(H,21,25). The van der Waals surface area contributed by atoms with Gasteiger partial charge in [-0.2, -0.15) is 8.75 Å². The van der Waals surface area contributed by atoms with Crippen molar-refractivity contribution >= 4 is 52.1 Å². The molecule has 0 fully saturated rings. The van der Waals surface area contributed by atoms with Crippen molar-refractivity contribution in [1.29, 1.82) is 0 Å². The first-order chi connectivity index (χ1) is 14.5. The summed E-state index contributed by atoms with van der Waals surface area (Å²) in [6.07, 6.45) is 1.44. The molecule has 9 nitrogen and oxygen atoms in total. The fraction of sp³-hybridized carbons (Fsp3) is 0.100. The van der Waals surface area contributed by atoms with Crippen molar-refractivity contribution < 1.29 is 23.9 Å². The van der Waals surface area contributed by atoms with Gasteiger partial charge in [0, 0.05) is 6.54 Å². The van der Waals surface area contributed by atoms with Crippen LogP contribution in [-0.4, -0.2) is 50.5 Å². The van der Waals surface area contributed by atoms with E-state index in [9.17, 15) is 19.2 Å². The van der Waals surface area contributed by atoms with E-state index in [-0.39, 0.29) is 23.2 Å². The molecular weight excluding hydrogens is 408 g/mol.